The lowest BCUT2D eigenvalue weighted by Crippen LogP contribution is -2.25. The topological polar surface area (TPSA) is 24.9 Å². The minimum absolute atomic E-state index is 0.693. The van der Waals surface area contributed by atoms with Crippen LogP contribution in [-0.2, 0) is 12.8 Å². The van der Waals surface area contributed by atoms with Crippen LogP contribution in [0.5, 0.6) is 0 Å². The second-order valence-corrected chi connectivity index (χ2v) is 6.54. The van der Waals surface area contributed by atoms with Gasteiger partial charge in [0.15, 0.2) is 0 Å². The Hall–Kier alpha value is -0.410. The largest absolute Gasteiger partial charge is 0.319 e. The molecule has 0 saturated heterocycles. The Morgan fingerprint density at radius 3 is 2.47 bits per heavy atom. The zero-order valence-electron chi connectivity index (χ0n) is 11.8. The Balaban J connectivity index is 2.57. The third-order valence-corrected chi connectivity index (χ3v) is 3.98. The zero-order chi connectivity index (χ0) is 12.8. The minimum atomic E-state index is 0.693. The molecule has 0 spiro atoms. The molecule has 1 rings (SSSR count). The van der Waals surface area contributed by atoms with Crippen molar-refractivity contribution in [3.63, 3.8) is 0 Å². The van der Waals surface area contributed by atoms with Gasteiger partial charge in [-0.15, -0.1) is 11.3 Å². The molecule has 0 bridgehead atoms. The Bertz CT molecular complexity index is 318. The smallest absolute Gasteiger partial charge is 0.0931 e. The van der Waals surface area contributed by atoms with Crippen molar-refractivity contribution in [3.05, 3.63) is 16.1 Å². The number of hydrogen-bond acceptors (Lipinski definition) is 3. The molecule has 98 valence electrons. The maximum absolute atomic E-state index is 4.75. The molecule has 0 aromatic carbocycles. The summed E-state index contributed by atoms with van der Waals surface area (Å²) in [6, 6.07) is 0. The van der Waals surface area contributed by atoms with Crippen molar-refractivity contribution < 1.29 is 0 Å². The van der Waals surface area contributed by atoms with Crippen LogP contribution in [0.3, 0.4) is 0 Å². The van der Waals surface area contributed by atoms with Gasteiger partial charge in [0.25, 0.3) is 0 Å². The Kier molecular flexibility index (Phi) is 6.14. The fourth-order valence-corrected chi connectivity index (χ4v) is 2.89. The summed E-state index contributed by atoms with van der Waals surface area (Å²) >= 11 is 1.82. The maximum atomic E-state index is 4.75. The molecular formula is C14H26N2S. The van der Waals surface area contributed by atoms with Gasteiger partial charge in [0, 0.05) is 11.8 Å². The van der Waals surface area contributed by atoms with E-state index in [0.29, 0.717) is 17.8 Å². The normalized spacial score (nSPS) is 13.6. The first-order chi connectivity index (χ1) is 8.02. The zero-order valence-corrected chi connectivity index (χ0v) is 12.6. The first-order valence-electron chi connectivity index (χ1n) is 6.60. The Labute approximate surface area is 110 Å². The number of thiazole rings is 1. The molecule has 0 saturated carbocycles. The first-order valence-corrected chi connectivity index (χ1v) is 7.48. The highest BCUT2D eigenvalue weighted by molar-refractivity contribution is 7.09. The summed E-state index contributed by atoms with van der Waals surface area (Å²) in [6.07, 6.45) is 2.22. The molecule has 0 fully saturated rings. The standard InChI is InChI=1S/C14H26N2S/c1-10(2)6-13-9-17-14(16-13)7-12(8-15-5)11(3)4/h9-12,15H,6-8H2,1-5H3. The lowest BCUT2D eigenvalue weighted by Gasteiger charge is -2.19. The van der Waals surface area contributed by atoms with Crippen LogP contribution in [0.4, 0.5) is 0 Å². The van der Waals surface area contributed by atoms with Crippen LogP contribution in [0.25, 0.3) is 0 Å². The summed E-state index contributed by atoms with van der Waals surface area (Å²) in [4.78, 5) is 4.75. The van der Waals surface area contributed by atoms with Crippen molar-refractivity contribution in [1.29, 1.82) is 0 Å². The molecule has 0 aliphatic heterocycles. The van der Waals surface area contributed by atoms with E-state index < -0.39 is 0 Å². The molecule has 1 N–H and O–H groups in total. The van der Waals surface area contributed by atoms with Gasteiger partial charge >= 0.3 is 0 Å². The van der Waals surface area contributed by atoms with Crippen molar-refractivity contribution in [2.24, 2.45) is 17.8 Å². The van der Waals surface area contributed by atoms with E-state index >= 15 is 0 Å². The summed E-state index contributed by atoms with van der Waals surface area (Å²) in [5.41, 5.74) is 1.27. The quantitative estimate of drug-likeness (QED) is 0.807. The van der Waals surface area contributed by atoms with Crippen molar-refractivity contribution >= 4 is 11.3 Å². The average Bonchev–Trinajstić information content (AvgIpc) is 2.63. The van der Waals surface area contributed by atoms with Gasteiger partial charge in [0.2, 0.25) is 0 Å². The Morgan fingerprint density at radius 2 is 1.94 bits per heavy atom. The van der Waals surface area contributed by atoms with E-state index in [1.165, 1.54) is 10.7 Å². The van der Waals surface area contributed by atoms with E-state index in [4.69, 9.17) is 4.98 Å². The lowest BCUT2D eigenvalue weighted by atomic mass is 9.93. The van der Waals surface area contributed by atoms with Crippen molar-refractivity contribution in [2.45, 2.75) is 40.5 Å². The second-order valence-electron chi connectivity index (χ2n) is 5.60. The maximum Gasteiger partial charge on any atom is 0.0931 e. The van der Waals surface area contributed by atoms with Gasteiger partial charge in [0.1, 0.15) is 0 Å². The van der Waals surface area contributed by atoms with E-state index in [9.17, 15) is 0 Å². The highest BCUT2D eigenvalue weighted by Gasteiger charge is 2.15. The van der Waals surface area contributed by atoms with Crippen molar-refractivity contribution in [1.82, 2.24) is 10.3 Å². The molecule has 2 nitrogen and oxygen atoms in total. The highest BCUT2D eigenvalue weighted by Crippen LogP contribution is 2.20. The second kappa shape index (κ2) is 7.12. The van der Waals surface area contributed by atoms with Crippen molar-refractivity contribution in [2.75, 3.05) is 13.6 Å². The average molecular weight is 254 g/mol. The number of rotatable bonds is 7. The predicted octanol–water partition coefficient (Wildman–Crippen LogP) is 3.38. The van der Waals surface area contributed by atoms with Gasteiger partial charge in [-0.05, 0) is 37.8 Å². The summed E-state index contributed by atoms with van der Waals surface area (Å²) in [5.74, 6) is 2.10. The lowest BCUT2D eigenvalue weighted by molar-refractivity contribution is 0.370. The molecule has 0 aliphatic rings. The van der Waals surface area contributed by atoms with Gasteiger partial charge in [-0.25, -0.2) is 4.98 Å². The predicted molar refractivity (Wildman–Crippen MR) is 76.6 cm³/mol. The van der Waals surface area contributed by atoms with E-state index in [2.05, 4.69) is 38.4 Å². The van der Waals surface area contributed by atoms with Crippen LogP contribution in [0, 0.1) is 17.8 Å². The van der Waals surface area contributed by atoms with Gasteiger partial charge in [0.05, 0.1) is 10.7 Å². The summed E-state index contributed by atoms with van der Waals surface area (Å²) in [5, 5.41) is 6.81. The van der Waals surface area contributed by atoms with Gasteiger partial charge in [-0.2, -0.15) is 0 Å². The molecule has 0 radical (unpaired) electrons. The number of aromatic nitrogens is 1. The third-order valence-electron chi connectivity index (χ3n) is 3.06. The van der Waals surface area contributed by atoms with Crippen LogP contribution in [0.15, 0.2) is 5.38 Å². The van der Waals surface area contributed by atoms with Gasteiger partial charge in [-0.1, -0.05) is 27.7 Å². The van der Waals surface area contributed by atoms with Crippen LogP contribution in [0.1, 0.15) is 38.4 Å². The molecular weight excluding hydrogens is 228 g/mol. The fourth-order valence-electron chi connectivity index (χ4n) is 1.98. The molecule has 0 aliphatic carbocycles. The van der Waals surface area contributed by atoms with Crippen LogP contribution < -0.4 is 5.32 Å². The first kappa shape index (κ1) is 14.7. The molecule has 1 atom stereocenters. The minimum Gasteiger partial charge on any atom is -0.319 e. The molecule has 1 aromatic rings. The van der Waals surface area contributed by atoms with Crippen molar-refractivity contribution in [3.8, 4) is 0 Å². The van der Waals surface area contributed by atoms with Crippen LogP contribution >= 0.6 is 11.3 Å². The monoisotopic (exact) mass is 254 g/mol. The van der Waals surface area contributed by atoms with E-state index in [-0.39, 0.29) is 0 Å². The molecule has 1 heterocycles. The summed E-state index contributed by atoms with van der Waals surface area (Å²) in [6.45, 7) is 10.2. The molecule has 17 heavy (non-hydrogen) atoms. The van der Waals surface area contributed by atoms with Crippen LogP contribution in [-0.4, -0.2) is 18.6 Å². The number of nitrogens with one attached hydrogen (secondary N) is 1. The van der Waals surface area contributed by atoms with Gasteiger partial charge in [-0.3, -0.25) is 0 Å². The Morgan fingerprint density at radius 1 is 1.24 bits per heavy atom. The van der Waals surface area contributed by atoms with E-state index in [0.717, 1.165) is 19.4 Å². The van der Waals surface area contributed by atoms with E-state index in [1.54, 1.807) is 0 Å². The van der Waals surface area contributed by atoms with E-state index in [1.807, 2.05) is 18.4 Å². The highest BCUT2D eigenvalue weighted by atomic mass is 32.1. The SMILES string of the molecule is CNCC(Cc1nc(CC(C)C)cs1)C(C)C. The van der Waals surface area contributed by atoms with Gasteiger partial charge < -0.3 is 5.32 Å². The molecule has 1 aromatic heterocycles. The summed E-state index contributed by atoms with van der Waals surface area (Å²) < 4.78 is 0. The number of nitrogens with zero attached hydrogens (tertiary/aromatic N) is 1. The molecule has 1 unspecified atom stereocenters. The third kappa shape index (κ3) is 5.17. The molecule has 3 heteroatoms. The number of hydrogen-bond donors (Lipinski definition) is 1. The fraction of sp³-hybridized carbons (Fsp3) is 0.786. The summed E-state index contributed by atoms with van der Waals surface area (Å²) in [7, 11) is 2.03. The molecule has 0 amide bonds. The van der Waals surface area contributed by atoms with Crippen LogP contribution in [0.2, 0.25) is 0 Å².